The summed E-state index contributed by atoms with van der Waals surface area (Å²) in [6.07, 6.45) is 2.70. The van der Waals surface area contributed by atoms with E-state index in [2.05, 4.69) is 10.2 Å². The number of carbonyl (C=O) groups excluding carboxylic acids is 1. The number of aromatic nitrogens is 2. The lowest BCUT2D eigenvalue weighted by Gasteiger charge is -2.42. The first-order valence-corrected chi connectivity index (χ1v) is 9.98. The van der Waals surface area contributed by atoms with Crippen LogP contribution in [-0.2, 0) is 14.8 Å². The Balaban J connectivity index is 1.67. The molecule has 0 atom stereocenters. The van der Waals surface area contributed by atoms with Gasteiger partial charge >= 0.3 is 0 Å². The van der Waals surface area contributed by atoms with E-state index in [-0.39, 0.29) is 11.3 Å². The molecule has 1 aromatic heterocycles. The number of piperidine rings is 1. The molecule has 0 saturated carbocycles. The third kappa shape index (κ3) is 3.62. The fraction of sp³-hybridized carbons (Fsp3) is 0.733. The van der Waals surface area contributed by atoms with Crippen LogP contribution in [0.2, 0.25) is 0 Å². The van der Waals surface area contributed by atoms with Crippen molar-refractivity contribution in [2.24, 2.45) is 5.41 Å². The number of hydrogen-bond donors (Lipinski definition) is 1. The Labute approximate surface area is 142 Å². The van der Waals surface area contributed by atoms with Gasteiger partial charge in [-0.05, 0) is 25.8 Å². The van der Waals surface area contributed by atoms with E-state index < -0.39 is 10.0 Å². The number of aromatic amines is 1. The summed E-state index contributed by atoms with van der Waals surface area (Å²) in [5.74, 6) is -0.0799. The van der Waals surface area contributed by atoms with Crippen LogP contribution in [0.4, 0.5) is 0 Å². The van der Waals surface area contributed by atoms with Crippen molar-refractivity contribution < 1.29 is 17.9 Å². The van der Waals surface area contributed by atoms with Crippen LogP contribution in [0.25, 0.3) is 0 Å². The van der Waals surface area contributed by atoms with E-state index in [1.165, 1.54) is 10.6 Å². The van der Waals surface area contributed by atoms with E-state index in [1.54, 1.807) is 11.0 Å². The van der Waals surface area contributed by atoms with E-state index in [1.807, 2.05) is 6.92 Å². The minimum Gasteiger partial charge on any atom is -0.379 e. The van der Waals surface area contributed by atoms with Gasteiger partial charge in [0.15, 0.2) is 0 Å². The first-order chi connectivity index (χ1) is 11.3. The third-order valence-corrected chi connectivity index (χ3v) is 6.16. The first kappa shape index (κ1) is 17.4. The highest BCUT2D eigenvalue weighted by Crippen LogP contribution is 2.35. The van der Waals surface area contributed by atoms with Gasteiger partial charge in [-0.1, -0.05) is 0 Å². The van der Waals surface area contributed by atoms with E-state index in [9.17, 15) is 13.2 Å². The van der Waals surface area contributed by atoms with Gasteiger partial charge in [0, 0.05) is 37.3 Å². The maximum absolute atomic E-state index is 12.5. The number of sulfonamides is 1. The number of aryl methyl sites for hydroxylation is 1. The fourth-order valence-corrected chi connectivity index (χ4v) is 4.33. The second-order valence-electron chi connectivity index (χ2n) is 6.88. The van der Waals surface area contributed by atoms with Gasteiger partial charge < -0.3 is 9.64 Å². The predicted molar refractivity (Wildman–Crippen MR) is 88.1 cm³/mol. The highest BCUT2D eigenvalue weighted by Gasteiger charge is 2.41. The number of ether oxygens (including phenoxy) is 1. The Morgan fingerprint density at radius 2 is 2.04 bits per heavy atom. The van der Waals surface area contributed by atoms with Gasteiger partial charge in [-0.15, -0.1) is 0 Å². The van der Waals surface area contributed by atoms with E-state index in [4.69, 9.17) is 4.74 Å². The zero-order chi connectivity index (χ0) is 17.4. The highest BCUT2D eigenvalue weighted by atomic mass is 32.2. The van der Waals surface area contributed by atoms with Gasteiger partial charge in [-0.3, -0.25) is 9.89 Å². The molecule has 2 aliphatic heterocycles. The molecule has 2 saturated heterocycles. The molecule has 0 bridgehead atoms. The fourth-order valence-electron chi connectivity index (χ4n) is 3.41. The molecule has 3 rings (SSSR count). The molecule has 134 valence electrons. The molecular formula is C15H24N4O4S. The van der Waals surface area contributed by atoms with E-state index >= 15 is 0 Å². The number of hydrogen-bond acceptors (Lipinski definition) is 5. The standard InChI is InChI=1S/C15H24N4O4S/c1-12-9-13(17-16-12)14(20)18-5-3-15(4-6-18)10-19(24(2,21)22)7-8-23-11-15/h9H,3-8,10-11H2,1-2H3,(H,16,17). The summed E-state index contributed by atoms with van der Waals surface area (Å²) in [7, 11) is -3.24. The molecule has 0 aliphatic carbocycles. The van der Waals surface area contributed by atoms with Crippen LogP contribution in [0.15, 0.2) is 6.07 Å². The topological polar surface area (TPSA) is 95.6 Å². The minimum atomic E-state index is -3.24. The zero-order valence-corrected chi connectivity index (χ0v) is 14.9. The first-order valence-electron chi connectivity index (χ1n) is 8.13. The number of nitrogens with zero attached hydrogens (tertiary/aromatic N) is 3. The van der Waals surface area contributed by atoms with Crippen molar-refractivity contribution in [2.75, 3.05) is 45.6 Å². The van der Waals surface area contributed by atoms with Crippen molar-refractivity contribution in [3.63, 3.8) is 0 Å². The molecule has 0 unspecified atom stereocenters. The van der Waals surface area contributed by atoms with Gasteiger partial charge in [-0.25, -0.2) is 8.42 Å². The van der Waals surface area contributed by atoms with Gasteiger partial charge in [0.1, 0.15) is 5.69 Å². The summed E-state index contributed by atoms with van der Waals surface area (Å²) >= 11 is 0. The van der Waals surface area contributed by atoms with Crippen molar-refractivity contribution in [2.45, 2.75) is 19.8 Å². The van der Waals surface area contributed by atoms with Crippen molar-refractivity contribution in [3.8, 4) is 0 Å². The van der Waals surface area contributed by atoms with E-state index in [0.29, 0.717) is 45.1 Å². The number of H-pyrrole nitrogens is 1. The lowest BCUT2D eigenvalue weighted by molar-refractivity contribution is 0.0177. The van der Waals surface area contributed by atoms with Crippen LogP contribution < -0.4 is 0 Å². The Hall–Kier alpha value is -1.45. The predicted octanol–water partition coefficient (Wildman–Crippen LogP) is 0.232. The van der Waals surface area contributed by atoms with E-state index in [0.717, 1.165) is 18.5 Å². The van der Waals surface area contributed by atoms with Crippen molar-refractivity contribution >= 4 is 15.9 Å². The smallest absolute Gasteiger partial charge is 0.274 e. The molecule has 1 aromatic rings. The highest BCUT2D eigenvalue weighted by molar-refractivity contribution is 7.88. The second-order valence-corrected chi connectivity index (χ2v) is 8.86. The Morgan fingerprint density at radius 1 is 1.33 bits per heavy atom. The molecule has 3 heterocycles. The summed E-state index contributed by atoms with van der Waals surface area (Å²) in [5, 5.41) is 6.81. The Kier molecular flexibility index (Phi) is 4.67. The maximum atomic E-state index is 12.5. The van der Waals surface area contributed by atoms with Crippen LogP contribution in [0.1, 0.15) is 29.0 Å². The van der Waals surface area contributed by atoms with Gasteiger partial charge in [-0.2, -0.15) is 9.40 Å². The maximum Gasteiger partial charge on any atom is 0.274 e. The molecule has 0 aromatic carbocycles. The molecule has 1 amide bonds. The number of carbonyl (C=O) groups is 1. The molecule has 24 heavy (non-hydrogen) atoms. The second kappa shape index (κ2) is 6.45. The summed E-state index contributed by atoms with van der Waals surface area (Å²) in [5.41, 5.74) is 1.07. The Bertz CT molecular complexity index is 707. The Morgan fingerprint density at radius 3 is 2.62 bits per heavy atom. The molecule has 0 radical (unpaired) electrons. The monoisotopic (exact) mass is 356 g/mol. The molecule has 9 heteroatoms. The number of likely N-dealkylation sites (tertiary alicyclic amines) is 1. The number of amides is 1. The largest absolute Gasteiger partial charge is 0.379 e. The molecule has 2 aliphatic rings. The van der Waals surface area contributed by atoms with Gasteiger partial charge in [0.05, 0.1) is 19.5 Å². The quantitative estimate of drug-likeness (QED) is 0.818. The lowest BCUT2D eigenvalue weighted by Crippen LogP contribution is -2.49. The van der Waals surface area contributed by atoms with Crippen LogP contribution in [0.5, 0.6) is 0 Å². The van der Waals surface area contributed by atoms with Crippen LogP contribution >= 0.6 is 0 Å². The number of nitrogens with one attached hydrogen (secondary N) is 1. The lowest BCUT2D eigenvalue weighted by atomic mass is 9.79. The average Bonchev–Trinajstić information content (AvgIpc) is 2.84. The van der Waals surface area contributed by atoms with Crippen LogP contribution in [-0.4, -0.2) is 79.4 Å². The summed E-state index contributed by atoms with van der Waals surface area (Å²) < 4.78 is 31.0. The third-order valence-electron chi connectivity index (χ3n) is 4.91. The SMILES string of the molecule is Cc1cc(C(=O)N2CCC3(CC2)COCCN(S(C)(=O)=O)C3)n[nH]1. The number of rotatable bonds is 2. The van der Waals surface area contributed by atoms with Crippen molar-refractivity contribution in [3.05, 3.63) is 17.5 Å². The van der Waals surface area contributed by atoms with Crippen LogP contribution in [0.3, 0.4) is 0 Å². The normalized spacial score (nSPS) is 22.5. The van der Waals surface area contributed by atoms with Crippen molar-refractivity contribution in [1.29, 1.82) is 0 Å². The minimum absolute atomic E-state index is 0.0799. The average molecular weight is 356 g/mol. The molecule has 2 fully saturated rings. The molecule has 1 spiro atoms. The van der Waals surface area contributed by atoms with Gasteiger partial charge in [0.2, 0.25) is 10.0 Å². The summed E-state index contributed by atoms with van der Waals surface area (Å²) in [6.45, 7) is 4.87. The summed E-state index contributed by atoms with van der Waals surface area (Å²) in [6, 6.07) is 1.74. The van der Waals surface area contributed by atoms with Gasteiger partial charge in [0.25, 0.3) is 5.91 Å². The zero-order valence-electron chi connectivity index (χ0n) is 14.1. The molecule has 8 nitrogen and oxygen atoms in total. The molecule has 1 N–H and O–H groups in total. The van der Waals surface area contributed by atoms with Crippen LogP contribution in [0, 0.1) is 12.3 Å². The molecular weight excluding hydrogens is 332 g/mol. The van der Waals surface area contributed by atoms with Crippen molar-refractivity contribution in [1.82, 2.24) is 19.4 Å². The summed E-state index contributed by atoms with van der Waals surface area (Å²) in [4.78, 5) is 14.3.